The minimum Gasteiger partial charge on any atom is -0.497 e. The minimum absolute atomic E-state index is 0.0174. The quantitative estimate of drug-likeness (QED) is 0.264. The van der Waals surface area contributed by atoms with Crippen LogP contribution in [0.5, 0.6) is 23.0 Å². The lowest BCUT2D eigenvalue weighted by Gasteiger charge is -2.33. The SMILES string of the molecule is COc1ccc(NC(=O)C(c2ccc3c(c2)OCO3)N(Cc2ccccc2)C(=O)CN2C(=O)C(=O)c3ccccc32)c(OC)c1. The van der Waals surface area contributed by atoms with Crippen molar-refractivity contribution in [2.45, 2.75) is 12.6 Å². The molecule has 6 rings (SSSR count). The lowest BCUT2D eigenvalue weighted by atomic mass is 10.0. The molecule has 3 amide bonds. The number of para-hydroxylation sites is 1. The van der Waals surface area contributed by atoms with Crippen molar-refractivity contribution >= 4 is 34.9 Å². The van der Waals surface area contributed by atoms with Gasteiger partial charge in [-0.25, -0.2) is 0 Å². The van der Waals surface area contributed by atoms with Gasteiger partial charge in [-0.05, 0) is 47.5 Å². The van der Waals surface area contributed by atoms with Gasteiger partial charge >= 0.3 is 0 Å². The monoisotopic (exact) mass is 607 g/mol. The van der Waals surface area contributed by atoms with E-state index in [0.717, 1.165) is 10.5 Å². The average Bonchev–Trinajstić information content (AvgIpc) is 3.63. The maximum atomic E-state index is 14.3. The van der Waals surface area contributed by atoms with Crippen LogP contribution >= 0.6 is 0 Å². The van der Waals surface area contributed by atoms with Crippen LogP contribution in [0.4, 0.5) is 11.4 Å². The molecule has 0 aliphatic carbocycles. The predicted octanol–water partition coefficient (Wildman–Crippen LogP) is 4.37. The molecule has 45 heavy (non-hydrogen) atoms. The maximum Gasteiger partial charge on any atom is 0.299 e. The number of nitrogens with one attached hydrogen (secondary N) is 1. The number of methoxy groups -OCH3 is 2. The summed E-state index contributed by atoms with van der Waals surface area (Å²) in [6.45, 7) is -0.423. The predicted molar refractivity (Wildman–Crippen MR) is 164 cm³/mol. The molecule has 4 aromatic carbocycles. The van der Waals surface area contributed by atoms with Crippen LogP contribution in [0.25, 0.3) is 0 Å². The Morgan fingerprint density at radius 3 is 2.42 bits per heavy atom. The van der Waals surface area contributed by atoms with Crippen molar-refractivity contribution in [2.24, 2.45) is 0 Å². The fourth-order valence-electron chi connectivity index (χ4n) is 5.39. The molecular weight excluding hydrogens is 578 g/mol. The zero-order chi connectivity index (χ0) is 31.5. The summed E-state index contributed by atoms with van der Waals surface area (Å²) in [4.78, 5) is 56.9. The highest BCUT2D eigenvalue weighted by Crippen LogP contribution is 2.38. The number of carbonyl (C=O) groups is 4. The Kier molecular flexibility index (Phi) is 8.06. The Bertz CT molecular complexity index is 1790. The van der Waals surface area contributed by atoms with E-state index in [1.54, 1.807) is 60.7 Å². The number of hydrogen-bond donors (Lipinski definition) is 1. The highest BCUT2D eigenvalue weighted by Gasteiger charge is 2.40. The molecule has 2 aliphatic rings. The van der Waals surface area contributed by atoms with Gasteiger partial charge in [0.2, 0.25) is 12.7 Å². The summed E-state index contributed by atoms with van der Waals surface area (Å²) < 4.78 is 21.9. The van der Waals surface area contributed by atoms with Crippen LogP contribution in [-0.4, -0.2) is 56.0 Å². The van der Waals surface area contributed by atoms with E-state index in [-0.39, 0.29) is 18.9 Å². The molecule has 0 saturated heterocycles. The van der Waals surface area contributed by atoms with Crippen LogP contribution in [0.15, 0.2) is 91.0 Å². The van der Waals surface area contributed by atoms with Crippen molar-refractivity contribution in [3.8, 4) is 23.0 Å². The highest BCUT2D eigenvalue weighted by atomic mass is 16.7. The zero-order valence-corrected chi connectivity index (χ0v) is 24.5. The topological polar surface area (TPSA) is 124 Å². The van der Waals surface area contributed by atoms with Crippen LogP contribution in [0, 0.1) is 0 Å². The molecule has 2 aliphatic heterocycles. The number of ketones is 1. The van der Waals surface area contributed by atoms with Gasteiger partial charge in [0.1, 0.15) is 24.1 Å². The second-order valence-electron chi connectivity index (χ2n) is 10.3. The second kappa shape index (κ2) is 12.4. The third kappa shape index (κ3) is 5.75. The van der Waals surface area contributed by atoms with Crippen molar-refractivity contribution in [1.82, 2.24) is 4.90 Å². The third-order valence-corrected chi connectivity index (χ3v) is 7.63. The summed E-state index contributed by atoms with van der Waals surface area (Å²) in [6, 6.07) is 24.4. The molecular formula is C34H29N3O8. The average molecular weight is 608 g/mol. The van der Waals surface area contributed by atoms with Crippen LogP contribution in [0.1, 0.15) is 27.5 Å². The molecule has 1 atom stereocenters. The second-order valence-corrected chi connectivity index (χ2v) is 10.3. The lowest BCUT2D eigenvalue weighted by Crippen LogP contribution is -2.46. The molecule has 0 radical (unpaired) electrons. The number of benzene rings is 4. The van der Waals surface area contributed by atoms with Crippen LogP contribution in [0.2, 0.25) is 0 Å². The molecule has 0 fully saturated rings. The van der Waals surface area contributed by atoms with E-state index >= 15 is 0 Å². The van der Waals surface area contributed by atoms with E-state index in [9.17, 15) is 19.2 Å². The normalized spacial score (nSPS) is 13.7. The Morgan fingerprint density at radius 2 is 1.64 bits per heavy atom. The van der Waals surface area contributed by atoms with Gasteiger partial charge in [0.25, 0.3) is 17.6 Å². The minimum atomic E-state index is -1.21. The van der Waals surface area contributed by atoms with Gasteiger partial charge in [0, 0.05) is 12.6 Å². The van der Waals surface area contributed by atoms with Crippen LogP contribution < -0.4 is 29.2 Å². The Hall–Kier alpha value is -5.84. The van der Waals surface area contributed by atoms with E-state index in [4.69, 9.17) is 18.9 Å². The number of rotatable bonds is 10. The first-order chi connectivity index (χ1) is 21.9. The van der Waals surface area contributed by atoms with Gasteiger partial charge in [0.05, 0.1) is 31.2 Å². The number of carbonyl (C=O) groups excluding carboxylic acids is 4. The number of Topliss-reactive ketones (excluding diaryl/α,β-unsaturated/α-hetero) is 1. The molecule has 0 spiro atoms. The molecule has 0 bridgehead atoms. The molecule has 0 saturated carbocycles. The molecule has 0 aromatic heterocycles. The molecule has 11 nitrogen and oxygen atoms in total. The Morgan fingerprint density at radius 1 is 0.889 bits per heavy atom. The molecule has 4 aromatic rings. The van der Waals surface area contributed by atoms with Crippen molar-refractivity contribution in [3.63, 3.8) is 0 Å². The number of hydrogen-bond acceptors (Lipinski definition) is 8. The Labute approximate surface area is 258 Å². The van der Waals surface area contributed by atoms with Crippen molar-refractivity contribution in [1.29, 1.82) is 0 Å². The van der Waals surface area contributed by atoms with Crippen molar-refractivity contribution in [3.05, 3.63) is 108 Å². The molecule has 1 unspecified atom stereocenters. The van der Waals surface area contributed by atoms with E-state index in [1.807, 2.05) is 30.3 Å². The summed E-state index contributed by atoms with van der Waals surface area (Å²) in [5.74, 6) is -0.792. The molecule has 11 heteroatoms. The first kappa shape index (κ1) is 29.2. The van der Waals surface area contributed by atoms with Gasteiger partial charge in [0.15, 0.2) is 11.5 Å². The Balaban J connectivity index is 1.41. The van der Waals surface area contributed by atoms with Gasteiger partial charge in [-0.1, -0.05) is 48.5 Å². The maximum absolute atomic E-state index is 14.3. The number of nitrogens with zero attached hydrogens (tertiary/aromatic N) is 2. The van der Waals surface area contributed by atoms with Crippen LogP contribution in [0.3, 0.4) is 0 Å². The largest absolute Gasteiger partial charge is 0.497 e. The van der Waals surface area contributed by atoms with Gasteiger partial charge in [-0.3, -0.25) is 24.1 Å². The van der Waals surface area contributed by atoms with Gasteiger partial charge in [-0.2, -0.15) is 0 Å². The van der Waals surface area contributed by atoms with E-state index in [1.165, 1.54) is 19.1 Å². The third-order valence-electron chi connectivity index (χ3n) is 7.63. The number of ether oxygens (including phenoxy) is 4. The summed E-state index contributed by atoms with van der Waals surface area (Å²) in [6.07, 6.45) is 0. The summed E-state index contributed by atoms with van der Waals surface area (Å²) in [7, 11) is 2.99. The molecule has 1 N–H and O–H groups in total. The van der Waals surface area contributed by atoms with Gasteiger partial charge in [-0.15, -0.1) is 0 Å². The van der Waals surface area contributed by atoms with Gasteiger partial charge < -0.3 is 29.2 Å². The molecule has 2 heterocycles. The summed E-state index contributed by atoms with van der Waals surface area (Å²) in [5.41, 5.74) is 2.11. The fraction of sp³-hybridized carbons (Fsp3) is 0.176. The molecule has 228 valence electrons. The van der Waals surface area contributed by atoms with Crippen LogP contribution in [-0.2, 0) is 20.9 Å². The first-order valence-corrected chi connectivity index (χ1v) is 14.1. The van der Waals surface area contributed by atoms with E-state index in [2.05, 4.69) is 5.32 Å². The highest BCUT2D eigenvalue weighted by molar-refractivity contribution is 6.52. The van der Waals surface area contributed by atoms with Crippen molar-refractivity contribution < 1.29 is 38.1 Å². The lowest BCUT2D eigenvalue weighted by molar-refractivity contribution is -0.139. The number of fused-ring (bicyclic) bond motifs is 2. The summed E-state index contributed by atoms with van der Waals surface area (Å²) >= 11 is 0. The summed E-state index contributed by atoms with van der Waals surface area (Å²) in [5, 5.41) is 2.91. The zero-order valence-electron chi connectivity index (χ0n) is 24.5. The number of anilines is 2. The van der Waals surface area contributed by atoms with Crippen molar-refractivity contribution in [2.75, 3.05) is 37.8 Å². The number of amides is 3. The van der Waals surface area contributed by atoms with E-state index < -0.39 is 36.1 Å². The smallest absolute Gasteiger partial charge is 0.299 e. The fourth-order valence-corrected chi connectivity index (χ4v) is 5.39. The first-order valence-electron chi connectivity index (χ1n) is 14.1. The standard InChI is InChI=1S/C34H29N3O8/c1-42-23-13-14-25(28(17-23)43-2)35-33(40)31(22-12-15-27-29(16-22)45-20-44-27)37(18-21-8-4-3-5-9-21)30(38)19-36-26-11-7-6-10-24(26)32(39)34(36)41/h3-17,31H,18-20H2,1-2H3,(H,35,40). The van der Waals surface area contributed by atoms with E-state index in [0.29, 0.717) is 39.9 Å².